The maximum atomic E-state index is 10.7. The zero-order valence-corrected chi connectivity index (χ0v) is 9.00. The first-order valence-electron chi connectivity index (χ1n) is 5.20. The van der Waals surface area contributed by atoms with E-state index < -0.39 is 23.8 Å². The summed E-state index contributed by atoms with van der Waals surface area (Å²) in [6.07, 6.45) is -1.52. The Bertz CT molecular complexity index is 451. The van der Waals surface area contributed by atoms with E-state index in [4.69, 9.17) is 10.8 Å². The van der Waals surface area contributed by atoms with Crippen LogP contribution in [0.3, 0.4) is 0 Å². The average Bonchev–Trinajstić information content (AvgIpc) is 2.52. The zero-order chi connectivity index (χ0) is 12.6. The zero-order valence-electron chi connectivity index (χ0n) is 9.00. The third-order valence-corrected chi connectivity index (χ3v) is 2.99. The lowest BCUT2D eigenvalue weighted by Gasteiger charge is -2.28. The number of aliphatic hydroxyl groups excluding tert-OH is 1. The van der Waals surface area contributed by atoms with Crippen molar-refractivity contribution in [3.05, 3.63) is 29.8 Å². The topological polar surface area (TPSA) is 116 Å². The van der Waals surface area contributed by atoms with E-state index in [0.29, 0.717) is 11.3 Å². The predicted molar refractivity (Wildman–Crippen MR) is 60.2 cm³/mol. The predicted octanol–water partition coefficient (Wildman–Crippen LogP) is -0.580. The van der Waals surface area contributed by atoms with E-state index in [2.05, 4.69) is 5.32 Å². The quantitative estimate of drug-likeness (QED) is 0.481. The van der Waals surface area contributed by atoms with Crippen molar-refractivity contribution < 1.29 is 20.1 Å². The fourth-order valence-corrected chi connectivity index (χ4v) is 2.04. The van der Waals surface area contributed by atoms with Crippen LogP contribution in [-0.2, 0) is 10.4 Å². The highest BCUT2D eigenvalue weighted by Gasteiger charge is 2.46. The van der Waals surface area contributed by atoms with Crippen LogP contribution in [-0.4, -0.2) is 33.6 Å². The van der Waals surface area contributed by atoms with E-state index >= 15 is 0 Å². The van der Waals surface area contributed by atoms with Gasteiger partial charge in [-0.15, -0.1) is 0 Å². The maximum Gasteiger partial charge on any atom is 0.320 e. The highest BCUT2D eigenvalue weighted by Crippen LogP contribution is 2.40. The second-order valence-electron chi connectivity index (χ2n) is 4.17. The molecular formula is C11H14N2O4. The Balaban J connectivity index is 2.33. The monoisotopic (exact) mass is 238 g/mol. The molecule has 0 aliphatic carbocycles. The number of carbonyl (C=O) groups is 1. The second kappa shape index (κ2) is 3.99. The molecule has 0 spiro atoms. The fraction of sp³-hybridized carbons (Fsp3) is 0.364. The van der Waals surface area contributed by atoms with Crippen LogP contribution in [0.25, 0.3) is 0 Å². The highest BCUT2D eigenvalue weighted by molar-refractivity contribution is 5.73. The third kappa shape index (κ3) is 1.86. The van der Waals surface area contributed by atoms with Crippen LogP contribution < -0.4 is 11.1 Å². The largest absolute Gasteiger partial charge is 0.480 e. The number of carboxylic acids is 1. The fourth-order valence-electron chi connectivity index (χ4n) is 2.04. The van der Waals surface area contributed by atoms with Gasteiger partial charge in [-0.1, -0.05) is 18.2 Å². The van der Waals surface area contributed by atoms with E-state index in [1.54, 1.807) is 24.3 Å². The molecule has 1 heterocycles. The van der Waals surface area contributed by atoms with Crippen LogP contribution in [0, 0.1) is 0 Å². The number of fused-ring (bicyclic) bond motifs is 1. The van der Waals surface area contributed by atoms with Crippen molar-refractivity contribution in [3.63, 3.8) is 0 Å². The Morgan fingerprint density at radius 3 is 2.82 bits per heavy atom. The van der Waals surface area contributed by atoms with Gasteiger partial charge in [0.1, 0.15) is 11.6 Å². The molecule has 0 aromatic heterocycles. The minimum atomic E-state index is -1.67. The molecule has 0 amide bonds. The summed E-state index contributed by atoms with van der Waals surface area (Å²) in [7, 11) is 0. The first kappa shape index (κ1) is 11.8. The van der Waals surface area contributed by atoms with Gasteiger partial charge in [0.15, 0.2) is 6.23 Å². The number of aliphatic carboxylic acids is 1. The standard InChI is InChI=1S/C11H14N2O4/c12-7(9(14)15)5-11(17)6-3-1-2-4-8(6)13-10(11)16/h1-4,7,10,13,16-17H,5,12H2,(H,14,15)/t7-,10?,11+/m0/s1. The first-order chi connectivity index (χ1) is 7.95. The summed E-state index contributed by atoms with van der Waals surface area (Å²) in [6, 6.07) is 5.55. The molecule has 17 heavy (non-hydrogen) atoms. The van der Waals surface area contributed by atoms with E-state index in [-0.39, 0.29) is 6.42 Å². The van der Waals surface area contributed by atoms with Crippen LogP contribution in [0.1, 0.15) is 12.0 Å². The van der Waals surface area contributed by atoms with Crippen molar-refractivity contribution in [3.8, 4) is 0 Å². The van der Waals surface area contributed by atoms with Crippen LogP contribution >= 0.6 is 0 Å². The first-order valence-corrected chi connectivity index (χ1v) is 5.20. The van der Waals surface area contributed by atoms with Crippen LogP contribution in [0.5, 0.6) is 0 Å². The van der Waals surface area contributed by atoms with Crippen LogP contribution in [0.2, 0.25) is 0 Å². The average molecular weight is 238 g/mol. The van der Waals surface area contributed by atoms with Crippen molar-refractivity contribution in [2.45, 2.75) is 24.3 Å². The molecule has 6 nitrogen and oxygen atoms in total. The molecule has 1 aliphatic rings. The Labute approximate surface area is 97.7 Å². The Morgan fingerprint density at radius 1 is 1.53 bits per heavy atom. The van der Waals surface area contributed by atoms with Gasteiger partial charge in [-0.2, -0.15) is 0 Å². The third-order valence-electron chi connectivity index (χ3n) is 2.99. The van der Waals surface area contributed by atoms with Gasteiger partial charge < -0.3 is 26.4 Å². The summed E-state index contributed by atoms with van der Waals surface area (Å²) >= 11 is 0. The molecule has 1 aromatic rings. The van der Waals surface area contributed by atoms with Crippen molar-refractivity contribution in [2.75, 3.05) is 5.32 Å². The molecule has 0 saturated heterocycles. The number of hydrogen-bond donors (Lipinski definition) is 5. The molecule has 0 saturated carbocycles. The molecule has 1 aromatic carbocycles. The van der Waals surface area contributed by atoms with Crippen LogP contribution in [0.4, 0.5) is 5.69 Å². The minimum Gasteiger partial charge on any atom is -0.480 e. The van der Waals surface area contributed by atoms with Gasteiger partial charge in [0.2, 0.25) is 0 Å². The van der Waals surface area contributed by atoms with E-state index in [1.807, 2.05) is 0 Å². The summed E-state index contributed by atoms with van der Waals surface area (Å²) in [5, 5.41) is 31.6. The van der Waals surface area contributed by atoms with Gasteiger partial charge >= 0.3 is 5.97 Å². The Hall–Kier alpha value is -1.63. The van der Waals surface area contributed by atoms with E-state index in [9.17, 15) is 15.0 Å². The molecule has 0 fully saturated rings. The lowest BCUT2D eigenvalue weighted by Crippen LogP contribution is -2.46. The number of aliphatic hydroxyl groups is 2. The molecule has 6 heteroatoms. The van der Waals surface area contributed by atoms with Gasteiger partial charge in [-0.3, -0.25) is 4.79 Å². The van der Waals surface area contributed by atoms with Gasteiger partial charge in [0, 0.05) is 17.7 Å². The van der Waals surface area contributed by atoms with E-state index in [0.717, 1.165) is 0 Å². The lowest BCUT2D eigenvalue weighted by molar-refractivity contribution is -0.142. The molecule has 2 rings (SSSR count). The maximum absolute atomic E-state index is 10.7. The molecule has 1 unspecified atom stereocenters. The lowest BCUT2D eigenvalue weighted by atomic mass is 9.88. The van der Waals surface area contributed by atoms with Crippen molar-refractivity contribution >= 4 is 11.7 Å². The van der Waals surface area contributed by atoms with Gasteiger partial charge in [-0.25, -0.2) is 0 Å². The molecule has 6 N–H and O–H groups in total. The minimum absolute atomic E-state index is 0.256. The normalized spacial score (nSPS) is 28.3. The summed E-state index contributed by atoms with van der Waals surface area (Å²) in [5.74, 6) is -1.21. The Morgan fingerprint density at radius 2 is 2.18 bits per heavy atom. The number of nitrogens with one attached hydrogen (secondary N) is 1. The number of para-hydroxylation sites is 1. The summed E-state index contributed by atoms with van der Waals surface area (Å²) in [4.78, 5) is 10.7. The number of benzene rings is 1. The highest BCUT2D eigenvalue weighted by atomic mass is 16.4. The molecule has 0 bridgehead atoms. The number of anilines is 1. The molecule has 92 valence electrons. The molecule has 1 aliphatic heterocycles. The van der Waals surface area contributed by atoms with Gasteiger partial charge in [0.05, 0.1) is 0 Å². The number of carboxylic acid groups (broad SMARTS) is 1. The SMILES string of the molecule is N[C@@H](C[C@@]1(O)c2ccccc2NC1O)C(=O)O. The van der Waals surface area contributed by atoms with Crippen LogP contribution in [0.15, 0.2) is 24.3 Å². The van der Waals surface area contributed by atoms with Gasteiger partial charge in [-0.05, 0) is 6.07 Å². The summed E-state index contributed by atoms with van der Waals surface area (Å²) in [6.45, 7) is 0. The molecular weight excluding hydrogens is 224 g/mol. The number of hydrogen-bond acceptors (Lipinski definition) is 5. The summed E-state index contributed by atoms with van der Waals surface area (Å²) < 4.78 is 0. The number of nitrogens with two attached hydrogens (primary N) is 1. The van der Waals surface area contributed by atoms with Crippen molar-refractivity contribution in [1.82, 2.24) is 0 Å². The van der Waals surface area contributed by atoms with E-state index in [1.165, 1.54) is 0 Å². The molecule has 0 radical (unpaired) electrons. The summed E-state index contributed by atoms with van der Waals surface area (Å²) in [5.41, 5.74) is 4.78. The number of rotatable bonds is 3. The Kier molecular flexibility index (Phi) is 2.78. The van der Waals surface area contributed by atoms with Gasteiger partial charge in [0.25, 0.3) is 0 Å². The smallest absolute Gasteiger partial charge is 0.320 e. The molecule has 3 atom stereocenters. The van der Waals surface area contributed by atoms with Crippen molar-refractivity contribution in [1.29, 1.82) is 0 Å². The van der Waals surface area contributed by atoms with Crippen molar-refractivity contribution in [2.24, 2.45) is 5.73 Å². The second-order valence-corrected chi connectivity index (χ2v) is 4.17.